The van der Waals surface area contributed by atoms with Crippen molar-refractivity contribution in [3.05, 3.63) is 48.0 Å². The lowest BCUT2D eigenvalue weighted by Crippen LogP contribution is -2.29. The Morgan fingerprint density at radius 3 is 2.65 bits per heavy atom. The topological polar surface area (TPSA) is 79.2 Å². The fourth-order valence-electron chi connectivity index (χ4n) is 2.76. The number of aromatic nitrogens is 3. The van der Waals surface area contributed by atoms with Gasteiger partial charge in [0.05, 0.1) is 11.7 Å². The standard InChI is InChI=1S/C16H18N4O2S/c1-23-16-18-7-13(8-19-16)15(22)20-9-12(14(21)10-20)6-11-2-4-17-5-3-11/h2-5,7-8,12,14,21H,6,9-10H2,1H3/t12-,14-/m1/s1. The largest absolute Gasteiger partial charge is 0.391 e. The maximum absolute atomic E-state index is 12.5. The third kappa shape index (κ3) is 3.68. The average Bonchev–Trinajstić information content (AvgIpc) is 2.96. The summed E-state index contributed by atoms with van der Waals surface area (Å²) in [6.07, 6.45) is 8.67. The zero-order valence-corrected chi connectivity index (χ0v) is 13.6. The van der Waals surface area contributed by atoms with Crippen LogP contribution in [-0.4, -0.2) is 56.3 Å². The number of amides is 1. The Balaban J connectivity index is 1.66. The van der Waals surface area contributed by atoms with Crippen molar-refractivity contribution in [2.75, 3.05) is 19.3 Å². The summed E-state index contributed by atoms with van der Waals surface area (Å²) >= 11 is 1.43. The first-order valence-corrected chi connectivity index (χ1v) is 8.62. The molecule has 23 heavy (non-hydrogen) atoms. The van der Waals surface area contributed by atoms with Crippen molar-refractivity contribution in [2.24, 2.45) is 5.92 Å². The second-order valence-electron chi connectivity index (χ2n) is 5.56. The van der Waals surface area contributed by atoms with Gasteiger partial charge in [0.2, 0.25) is 0 Å². The van der Waals surface area contributed by atoms with Crippen LogP contribution >= 0.6 is 11.8 Å². The number of pyridine rings is 1. The summed E-state index contributed by atoms with van der Waals surface area (Å²) in [5.74, 6) is -0.0957. The number of hydrogen-bond acceptors (Lipinski definition) is 6. The molecule has 1 aliphatic heterocycles. The number of β-amino-alcohol motifs (C(OH)–C–C–N with tert-alkyl or cyclic N) is 1. The van der Waals surface area contributed by atoms with E-state index in [9.17, 15) is 9.90 Å². The summed E-state index contributed by atoms with van der Waals surface area (Å²) in [6.45, 7) is 0.880. The van der Waals surface area contributed by atoms with E-state index in [0.29, 0.717) is 23.8 Å². The van der Waals surface area contributed by atoms with Gasteiger partial charge in [-0.2, -0.15) is 0 Å². The number of likely N-dealkylation sites (tertiary alicyclic amines) is 1. The van der Waals surface area contributed by atoms with Crippen LogP contribution in [0.2, 0.25) is 0 Å². The summed E-state index contributed by atoms with van der Waals surface area (Å²) < 4.78 is 0. The van der Waals surface area contributed by atoms with Crippen molar-refractivity contribution >= 4 is 17.7 Å². The molecule has 2 atom stereocenters. The fourth-order valence-corrected chi connectivity index (χ4v) is 3.07. The maximum atomic E-state index is 12.5. The third-order valence-corrected chi connectivity index (χ3v) is 4.57. The number of rotatable bonds is 4. The number of aliphatic hydroxyl groups excluding tert-OH is 1. The zero-order chi connectivity index (χ0) is 16.2. The van der Waals surface area contributed by atoms with E-state index in [1.807, 2.05) is 18.4 Å². The highest BCUT2D eigenvalue weighted by molar-refractivity contribution is 7.98. The highest BCUT2D eigenvalue weighted by Crippen LogP contribution is 2.23. The molecular weight excluding hydrogens is 312 g/mol. The minimum atomic E-state index is -0.515. The van der Waals surface area contributed by atoms with Crippen molar-refractivity contribution in [1.82, 2.24) is 19.9 Å². The van der Waals surface area contributed by atoms with Crippen molar-refractivity contribution in [1.29, 1.82) is 0 Å². The van der Waals surface area contributed by atoms with E-state index in [4.69, 9.17) is 0 Å². The van der Waals surface area contributed by atoms with Crippen molar-refractivity contribution in [2.45, 2.75) is 17.7 Å². The zero-order valence-electron chi connectivity index (χ0n) is 12.8. The first kappa shape index (κ1) is 15.9. The van der Waals surface area contributed by atoms with Gasteiger partial charge >= 0.3 is 0 Å². The van der Waals surface area contributed by atoms with E-state index in [-0.39, 0.29) is 11.8 Å². The van der Waals surface area contributed by atoms with E-state index in [2.05, 4.69) is 15.0 Å². The lowest BCUT2D eigenvalue weighted by molar-refractivity contribution is 0.0763. The van der Waals surface area contributed by atoms with Crippen LogP contribution in [0.15, 0.2) is 42.1 Å². The number of aliphatic hydroxyl groups is 1. The molecule has 0 radical (unpaired) electrons. The molecule has 6 nitrogen and oxygen atoms in total. The van der Waals surface area contributed by atoms with Crippen LogP contribution in [0.3, 0.4) is 0 Å². The van der Waals surface area contributed by atoms with Crippen LogP contribution in [0.1, 0.15) is 15.9 Å². The lowest BCUT2D eigenvalue weighted by Gasteiger charge is -2.16. The Morgan fingerprint density at radius 1 is 1.30 bits per heavy atom. The van der Waals surface area contributed by atoms with Gasteiger partial charge in [-0.3, -0.25) is 9.78 Å². The Bertz CT molecular complexity index is 666. The van der Waals surface area contributed by atoms with Crippen molar-refractivity contribution < 1.29 is 9.90 Å². The Hall–Kier alpha value is -1.99. The van der Waals surface area contributed by atoms with E-state index in [1.54, 1.807) is 29.7 Å². The van der Waals surface area contributed by atoms with E-state index in [0.717, 1.165) is 12.0 Å². The van der Waals surface area contributed by atoms with Crippen LogP contribution in [0, 0.1) is 5.92 Å². The SMILES string of the molecule is CSc1ncc(C(=O)N2C[C@@H](Cc3ccncc3)[C@H](O)C2)cn1. The molecule has 2 aromatic rings. The first-order chi connectivity index (χ1) is 11.2. The number of carbonyl (C=O) groups excluding carboxylic acids is 1. The molecule has 3 heterocycles. The van der Waals surface area contributed by atoms with Crippen LogP contribution in [0.5, 0.6) is 0 Å². The van der Waals surface area contributed by atoms with E-state index >= 15 is 0 Å². The van der Waals surface area contributed by atoms with Gasteiger partial charge in [0, 0.05) is 43.8 Å². The lowest BCUT2D eigenvalue weighted by atomic mass is 9.97. The molecule has 0 bridgehead atoms. The highest BCUT2D eigenvalue weighted by atomic mass is 32.2. The fraction of sp³-hybridized carbons (Fsp3) is 0.375. The molecule has 120 valence electrons. The predicted molar refractivity (Wildman–Crippen MR) is 87.2 cm³/mol. The molecular formula is C16H18N4O2S. The quantitative estimate of drug-likeness (QED) is 0.672. The molecule has 7 heteroatoms. The summed E-state index contributed by atoms with van der Waals surface area (Å²) in [6, 6.07) is 3.87. The Kier molecular flexibility index (Phi) is 4.88. The number of nitrogens with zero attached hydrogens (tertiary/aromatic N) is 4. The monoisotopic (exact) mass is 330 g/mol. The molecule has 0 saturated carbocycles. The van der Waals surface area contributed by atoms with Gasteiger partial charge in [-0.05, 0) is 30.4 Å². The van der Waals surface area contributed by atoms with Gasteiger partial charge in [0.25, 0.3) is 5.91 Å². The summed E-state index contributed by atoms with van der Waals surface area (Å²) in [4.78, 5) is 26.4. The minimum Gasteiger partial charge on any atom is -0.391 e. The van der Waals surface area contributed by atoms with Gasteiger partial charge in [-0.15, -0.1) is 0 Å². The van der Waals surface area contributed by atoms with Gasteiger partial charge in [0.15, 0.2) is 5.16 Å². The molecule has 1 saturated heterocycles. The third-order valence-electron chi connectivity index (χ3n) is 4.00. The van der Waals surface area contributed by atoms with Gasteiger partial charge in [-0.1, -0.05) is 11.8 Å². The van der Waals surface area contributed by atoms with Crippen molar-refractivity contribution in [3.63, 3.8) is 0 Å². The molecule has 1 fully saturated rings. The molecule has 1 amide bonds. The Morgan fingerprint density at radius 2 is 2.00 bits per heavy atom. The number of hydrogen-bond donors (Lipinski definition) is 1. The summed E-state index contributed by atoms with van der Waals surface area (Å²) in [5.41, 5.74) is 1.57. The van der Waals surface area contributed by atoms with Crippen LogP contribution < -0.4 is 0 Å². The number of thioether (sulfide) groups is 1. The molecule has 1 N–H and O–H groups in total. The highest BCUT2D eigenvalue weighted by Gasteiger charge is 2.34. The number of carbonyl (C=O) groups is 1. The van der Waals surface area contributed by atoms with Gasteiger partial charge in [-0.25, -0.2) is 9.97 Å². The second-order valence-corrected chi connectivity index (χ2v) is 6.33. The molecule has 0 unspecified atom stereocenters. The smallest absolute Gasteiger partial charge is 0.257 e. The van der Waals surface area contributed by atoms with Gasteiger partial charge < -0.3 is 10.0 Å². The molecule has 3 rings (SSSR count). The minimum absolute atomic E-state index is 0.0349. The summed E-state index contributed by atoms with van der Waals surface area (Å²) in [5, 5.41) is 10.9. The predicted octanol–water partition coefficient (Wildman–Crippen LogP) is 1.27. The van der Waals surface area contributed by atoms with E-state index < -0.39 is 6.10 Å². The average molecular weight is 330 g/mol. The molecule has 0 aromatic carbocycles. The molecule has 2 aromatic heterocycles. The summed E-state index contributed by atoms with van der Waals surface area (Å²) in [7, 11) is 0. The molecule has 0 spiro atoms. The van der Waals surface area contributed by atoms with Crippen LogP contribution in [-0.2, 0) is 6.42 Å². The van der Waals surface area contributed by atoms with Crippen LogP contribution in [0.4, 0.5) is 0 Å². The second kappa shape index (κ2) is 7.06. The normalized spacial score (nSPS) is 20.7. The molecule has 1 aliphatic rings. The van der Waals surface area contributed by atoms with Gasteiger partial charge in [0.1, 0.15) is 0 Å². The molecule has 0 aliphatic carbocycles. The Labute approximate surface area is 139 Å². The maximum Gasteiger partial charge on any atom is 0.257 e. The van der Waals surface area contributed by atoms with Crippen LogP contribution in [0.25, 0.3) is 0 Å². The van der Waals surface area contributed by atoms with E-state index in [1.165, 1.54) is 11.8 Å². The van der Waals surface area contributed by atoms with Crippen molar-refractivity contribution in [3.8, 4) is 0 Å². The first-order valence-electron chi connectivity index (χ1n) is 7.39.